The molecule has 0 radical (unpaired) electrons. The summed E-state index contributed by atoms with van der Waals surface area (Å²) in [5.74, 6) is -0.944. The Hall–Kier alpha value is -1.67. The predicted molar refractivity (Wildman–Crippen MR) is 73.0 cm³/mol. The van der Waals surface area contributed by atoms with E-state index >= 15 is 0 Å². The van der Waals surface area contributed by atoms with E-state index in [1.165, 1.54) is 0 Å². The van der Waals surface area contributed by atoms with Crippen LogP contribution in [0.5, 0.6) is 0 Å². The van der Waals surface area contributed by atoms with Gasteiger partial charge in [0, 0.05) is 12.0 Å². The molecular weight excluding hydrogens is 331 g/mol. The van der Waals surface area contributed by atoms with Gasteiger partial charge in [0.05, 0.1) is 0 Å². The number of carbonyl (C=O) groups is 1. The molecule has 2 rings (SSSR count). The first-order valence-corrected chi connectivity index (χ1v) is 6.93. The Balaban J connectivity index is 0.000000956. The summed E-state index contributed by atoms with van der Waals surface area (Å²) in [4.78, 5) is 10.8. The molecule has 0 spiro atoms. The van der Waals surface area contributed by atoms with Crippen LogP contribution >= 0.6 is 0 Å². The van der Waals surface area contributed by atoms with E-state index in [-0.39, 0.29) is 5.57 Å². The fraction of sp³-hybridized carbons (Fsp3) is 0.0625. The van der Waals surface area contributed by atoms with Crippen molar-refractivity contribution in [2.75, 3.05) is 0 Å². The zero-order valence-corrected chi connectivity index (χ0v) is 13.3. The van der Waals surface area contributed by atoms with Crippen LogP contribution in [0, 0.1) is 0 Å². The van der Waals surface area contributed by atoms with Gasteiger partial charge in [-0.1, -0.05) is 61.2 Å². The topological polar surface area (TPSA) is 54.4 Å². The molecule has 0 atom stereocenters. The minimum absolute atomic E-state index is 0.209. The molecule has 0 aliphatic heterocycles. The van der Waals surface area contributed by atoms with Crippen LogP contribution in [0.25, 0.3) is 11.1 Å². The number of carboxylic acids is 1. The average Bonchev–Trinajstić information content (AvgIpc) is 2.50. The molecule has 0 saturated heterocycles. The van der Waals surface area contributed by atoms with Crippen molar-refractivity contribution in [3.63, 3.8) is 0 Å². The maximum atomic E-state index is 10.8. The fourth-order valence-corrected chi connectivity index (χ4v) is 1.81. The number of rotatable bonds is 4. The molecule has 20 heavy (non-hydrogen) atoms. The molecule has 0 amide bonds. The first-order chi connectivity index (χ1) is 9.66. The fourth-order valence-electron chi connectivity index (χ4n) is 1.81. The maximum absolute atomic E-state index is 10.8. The van der Waals surface area contributed by atoms with Gasteiger partial charge in [-0.05, 0) is 16.7 Å². The first-order valence-electron chi connectivity index (χ1n) is 5.92. The van der Waals surface area contributed by atoms with Crippen molar-refractivity contribution < 1.29 is 37.4 Å². The Morgan fingerprint density at radius 3 is 2.20 bits per heavy atom. The van der Waals surface area contributed by atoms with Crippen LogP contribution < -0.4 is 0 Å². The molecule has 0 aromatic heterocycles. The predicted octanol–water partition coefficient (Wildman–Crippen LogP) is 3.42. The zero-order chi connectivity index (χ0) is 15.0. The van der Waals surface area contributed by atoms with E-state index in [4.69, 9.17) is 7.92 Å². The number of hydrogen-bond donors (Lipinski definition) is 1. The van der Waals surface area contributed by atoms with E-state index in [9.17, 15) is 4.79 Å². The second-order valence-corrected chi connectivity index (χ2v) is 4.15. The van der Waals surface area contributed by atoms with E-state index in [1.807, 2.05) is 54.6 Å². The van der Waals surface area contributed by atoms with E-state index in [0.29, 0.717) is 31.1 Å². The number of hydrogen-bond acceptors (Lipinski definition) is 2. The summed E-state index contributed by atoms with van der Waals surface area (Å²) in [5.41, 5.74) is 3.38. The van der Waals surface area contributed by atoms with E-state index in [2.05, 4.69) is 6.58 Å². The van der Waals surface area contributed by atoms with E-state index in [1.54, 1.807) is 0 Å². The van der Waals surface area contributed by atoms with E-state index < -0.39 is 5.97 Å². The Kier molecular flexibility index (Phi) is 6.96. The van der Waals surface area contributed by atoms with Crippen LogP contribution in [0.1, 0.15) is 5.56 Å². The molecule has 0 bridgehead atoms. The molecule has 0 aliphatic rings. The number of carboxylic acid groups (broad SMARTS) is 1. The molecule has 0 unspecified atom stereocenters. The van der Waals surface area contributed by atoms with Crippen molar-refractivity contribution in [3.05, 3.63) is 72.3 Å². The van der Waals surface area contributed by atoms with Crippen molar-refractivity contribution in [2.24, 2.45) is 0 Å². The summed E-state index contributed by atoms with van der Waals surface area (Å²) in [6.07, 6.45) is 0.371. The summed E-state index contributed by atoms with van der Waals surface area (Å²) >= 11 is 0.300. The third-order valence-corrected chi connectivity index (χ3v) is 2.75. The van der Waals surface area contributed by atoms with Gasteiger partial charge in [0.2, 0.25) is 0 Å². The van der Waals surface area contributed by atoms with Gasteiger partial charge < -0.3 is 5.11 Å². The van der Waals surface area contributed by atoms with Crippen LogP contribution in [-0.2, 0) is 38.8 Å². The van der Waals surface area contributed by atoms with Gasteiger partial charge >= 0.3 is 33.5 Å². The Morgan fingerprint density at radius 1 is 1.00 bits per heavy atom. The monoisotopic (exact) mass is 344 g/mol. The molecule has 2 aromatic rings. The van der Waals surface area contributed by atoms with Crippen LogP contribution in [0.2, 0.25) is 0 Å². The summed E-state index contributed by atoms with van der Waals surface area (Å²) in [6.45, 7) is 3.55. The Morgan fingerprint density at radius 2 is 1.60 bits per heavy atom. The summed E-state index contributed by atoms with van der Waals surface area (Å²) < 4.78 is 8.34. The molecule has 1 N–H and O–H groups in total. The molecule has 0 aliphatic carbocycles. The molecule has 0 fully saturated rings. The molecule has 100 valence electrons. The van der Waals surface area contributed by atoms with Crippen LogP contribution in [0.4, 0.5) is 0 Å². The molecule has 0 saturated carbocycles. The number of benzene rings is 2. The van der Waals surface area contributed by atoms with Gasteiger partial charge in [0.1, 0.15) is 0 Å². The minimum atomic E-state index is -0.944. The third kappa shape index (κ3) is 4.78. The zero-order valence-electron chi connectivity index (χ0n) is 10.9. The van der Waals surface area contributed by atoms with Crippen molar-refractivity contribution in [3.8, 4) is 11.1 Å². The molecule has 4 heteroatoms. The Labute approximate surface area is 133 Å². The van der Waals surface area contributed by atoms with Gasteiger partial charge in [-0.15, -0.1) is 0 Å². The van der Waals surface area contributed by atoms with Crippen molar-refractivity contribution in [1.82, 2.24) is 0 Å². The molecule has 0 heterocycles. The normalized spacial score (nSPS) is 9.15. The van der Waals surface area contributed by atoms with Crippen molar-refractivity contribution in [1.29, 1.82) is 0 Å². The van der Waals surface area contributed by atoms with Crippen LogP contribution in [0.3, 0.4) is 0 Å². The van der Waals surface area contributed by atoms with Gasteiger partial charge in [0.15, 0.2) is 0 Å². The second-order valence-electron chi connectivity index (χ2n) is 4.15. The van der Waals surface area contributed by atoms with Gasteiger partial charge in [-0.3, -0.25) is 0 Å². The molecular formula is C16H14O3Zr. The van der Waals surface area contributed by atoms with Crippen LogP contribution in [-0.4, -0.2) is 11.1 Å². The van der Waals surface area contributed by atoms with Crippen molar-refractivity contribution >= 4 is 5.97 Å². The van der Waals surface area contributed by atoms with E-state index in [0.717, 1.165) is 16.7 Å². The third-order valence-electron chi connectivity index (χ3n) is 2.75. The quantitative estimate of drug-likeness (QED) is 0.864. The van der Waals surface area contributed by atoms with Crippen molar-refractivity contribution in [2.45, 2.75) is 6.42 Å². The average molecular weight is 346 g/mol. The van der Waals surface area contributed by atoms with Gasteiger partial charge in [-0.2, -0.15) is 0 Å². The molecule has 3 nitrogen and oxygen atoms in total. The van der Waals surface area contributed by atoms with Gasteiger partial charge in [0.25, 0.3) is 0 Å². The summed E-state index contributed by atoms with van der Waals surface area (Å²) in [6, 6.07) is 17.9. The standard InChI is InChI=1S/C16H14O2.O.Zr/c1-12(16(17)18)10-13-6-5-9-15(11-13)14-7-3-2-4-8-14;;/h2-9,11H,1,10H2,(H,17,18);;. The Bertz CT molecular complexity index is 594. The second kappa shape index (κ2) is 8.49. The SMILES string of the molecule is C=C(Cc1cccc(-c2ccccc2)c1)C(=O)O.[O]=[Zr]. The summed E-state index contributed by atoms with van der Waals surface area (Å²) in [7, 11) is 0. The van der Waals surface area contributed by atoms with Crippen LogP contribution in [0.15, 0.2) is 66.7 Å². The first kappa shape index (κ1) is 16.4. The summed E-state index contributed by atoms with van der Waals surface area (Å²) in [5, 5.41) is 8.83. The molecule has 2 aromatic carbocycles. The number of aliphatic carboxylic acids is 1. The van der Waals surface area contributed by atoms with Gasteiger partial charge in [-0.25, -0.2) is 4.79 Å².